The molecular formula is C18H21Br. The van der Waals surface area contributed by atoms with Crippen LogP contribution in [0.15, 0.2) is 36.4 Å². The number of rotatable bonds is 3. The summed E-state index contributed by atoms with van der Waals surface area (Å²) in [7, 11) is 0. The Bertz CT molecular complexity index is 561. The zero-order valence-electron chi connectivity index (χ0n) is 12.1. The second-order valence-electron chi connectivity index (χ2n) is 5.41. The summed E-state index contributed by atoms with van der Waals surface area (Å²) in [6, 6.07) is 13.2. The van der Waals surface area contributed by atoms with E-state index in [2.05, 4.69) is 80.0 Å². The molecule has 0 radical (unpaired) electrons. The van der Waals surface area contributed by atoms with Crippen LogP contribution in [0, 0.1) is 27.7 Å². The third-order valence-electron chi connectivity index (χ3n) is 3.71. The van der Waals surface area contributed by atoms with E-state index >= 15 is 0 Å². The van der Waals surface area contributed by atoms with E-state index in [4.69, 9.17) is 0 Å². The van der Waals surface area contributed by atoms with Gasteiger partial charge in [-0.3, -0.25) is 0 Å². The van der Waals surface area contributed by atoms with Crippen LogP contribution in [-0.4, -0.2) is 0 Å². The fraction of sp³-hybridized carbons (Fsp3) is 0.333. The van der Waals surface area contributed by atoms with Gasteiger partial charge in [-0.25, -0.2) is 0 Å². The second-order valence-corrected chi connectivity index (χ2v) is 6.52. The summed E-state index contributed by atoms with van der Waals surface area (Å²) < 4.78 is 0. The van der Waals surface area contributed by atoms with Gasteiger partial charge in [0.1, 0.15) is 0 Å². The van der Waals surface area contributed by atoms with Crippen LogP contribution >= 0.6 is 15.9 Å². The molecule has 0 saturated heterocycles. The minimum Gasteiger partial charge on any atom is -0.0835 e. The predicted molar refractivity (Wildman–Crippen MR) is 87.2 cm³/mol. The average molecular weight is 317 g/mol. The fourth-order valence-electron chi connectivity index (χ4n) is 2.82. The first-order valence-electron chi connectivity index (χ1n) is 6.75. The molecule has 19 heavy (non-hydrogen) atoms. The SMILES string of the molecule is Cc1cc(C)c(C(Br)Cc2ccccc2C)c(C)c1. The first-order chi connectivity index (χ1) is 8.99. The summed E-state index contributed by atoms with van der Waals surface area (Å²) in [6.45, 7) is 8.77. The third kappa shape index (κ3) is 3.27. The molecule has 0 aliphatic heterocycles. The van der Waals surface area contributed by atoms with Crippen LogP contribution in [0.5, 0.6) is 0 Å². The van der Waals surface area contributed by atoms with Crippen molar-refractivity contribution in [3.8, 4) is 0 Å². The molecule has 0 fully saturated rings. The van der Waals surface area contributed by atoms with Gasteiger partial charge in [0.2, 0.25) is 0 Å². The lowest BCUT2D eigenvalue weighted by atomic mass is 9.93. The maximum absolute atomic E-state index is 3.88. The zero-order chi connectivity index (χ0) is 14.0. The van der Waals surface area contributed by atoms with Crippen molar-refractivity contribution < 1.29 is 0 Å². The van der Waals surface area contributed by atoms with Crippen LogP contribution in [0.1, 0.15) is 38.2 Å². The van der Waals surface area contributed by atoms with Crippen molar-refractivity contribution in [2.45, 2.75) is 38.9 Å². The van der Waals surface area contributed by atoms with Crippen molar-refractivity contribution in [1.82, 2.24) is 0 Å². The van der Waals surface area contributed by atoms with Crippen molar-refractivity contribution in [3.63, 3.8) is 0 Å². The summed E-state index contributed by atoms with van der Waals surface area (Å²) in [5, 5.41) is 0. The number of benzene rings is 2. The van der Waals surface area contributed by atoms with E-state index in [0.29, 0.717) is 4.83 Å². The van der Waals surface area contributed by atoms with E-state index in [-0.39, 0.29) is 0 Å². The average Bonchev–Trinajstić information content (AvgIpc) is 2.30. The van der Waals surface area contributed by atoms with Gasteiger partial charge in [-0.05, 0) is 61.9 Å². The van der Waals surface area contributed by atoms with Crippen molar-refractivity contribution in [2.24, 2.45) is 0 Å². The van der Waals surface area contributed by atoms with E-state index in [9.17, 15) is 0 Å². The highest BCUT2D eigenvalue weighted by atomic mass is 79.9. The Labute approximate surface area is 125 Å². The first-order valence-corrected chi connectivity index (χ1v) is 7.67. The Morgan fingerprint density at radius 1 is 0.895 bits per heavy atom. The molecule has 2 aromatic rings. The number of hydrogen-bond donors (Lipinski definition) is 0. The van der Waals surface area contributed by atoms with Crippen LogP contribution in [0.25, 0.3) is 0 Å². The molecule has 2 aromatic carbocycles. The summed E-state index contributed by atoms with van der Waals surface area (Å²) in [5.74, 6) is 0. The van der Waals surface area contributed by atoms with Gasteiger partial charge in [0.15, 0.2) is 0 Å². The molecular weight excluding hydrogens is 296 g/mol. The third-order valence-corrected chi connectivity index (χ3v) is 4.49. The Morgan fingerprint density at radius 3 is 2.05 bits per heavy atom. The molecule has 0 N–H and O–H groups in total. The molecule has 0 aliphatic rings. The first kappa shape index (κ1) is 14.3. The highest BCUT2D eigenvalue weighted by Gasteiger charge is 2.15. The van der Waals surface area contributed by atoms with E-state index < -0.39 is 0 Å². The number of alkyl halides is 1. The largest absolute Gasteiger partial charge is 0.0835 e. The molecule has 2 rings (SSSR count). The van der Waals surface area contributed by atoms with Crippen molar-refractivity contribution in [1.29, 1.82) is 0 Å². The Hall–Kier alpha value is -1.08. The number of aryl methyl sites for hydroxylation is 4. The highest BCUT2D eigenvalue weighted by molar-refractivity contribution is 9.09. The molecule has 0 spiro atoms. The van der Waals surface area contributed by atoms with Crippen LogP contribution in [0.4, 0.5) is 0 Å². The van der Waals surface area contributed by atoms with Gasteiger partial charge in [-0.15, -0.1) is 0 Å². The van der Waals surface area contributed by atoms with Gasteiger partial charge < -0.3 is 0 Å². The Kier molecular flexibility index (Phi) is 4.46. The van der Waals surface area contributed by atoms with Gasteiger partial charge in [-0.1, -0.05) is 57.9 Å². The highest BCUT2D eigenvalue weighted by Crippen LogP contribution is 2.33. The van der Waals surface area contributed by atoms with Crippen LogP contribution in [0.3, 0.4) is 0 Å². The van der Waals surface area contributed by atoms with Crippen LogP contribution in [-0.2, 0) is 6.42 Å². The molecule has 0 aromatic heterocycles. The standard InChI is InChI=1S/C18H21Br/c1-12-9-14(3)18(15(4)10-12)17(19)11-16-8-6-5-7-13(16)2/h5-10,17H,11H2,1-4H3. The minimum absolute atomic E-state index is 0.384. The molecule has 1 atom stereocenters. The van der Waals surface area contributed by atoms with E-state index in [1.807, 2.05) is 0 Å². The molecule has 0 aliphatic carbocycles. The lowest BCUT2D eigenvalue weighted by Gasteiger charge is -2.18. The second kappa shape index (κ2) is 5.92. The minimum atomic E-state index is 0.384. The predicted octanol–water partition coefficient (Wildman–Crippen LogP) is 5.60. The van der Waals surface area contributed by atoms with Gasteiger partial charge in [0.05, 0.1) is 0 Å². The van der Waals surface area contributed by atoms with Crippen molar-refractivity contribution >= 4 is 15.9 Å². The Morgan fingerprint density at radius 2 is 1.47 bits per heavy atom. The van der Waals surface area contributed by atoms with E-state index in [1.54, 1.807) is 0 Å². The topological polar surface area (TPSA) is 0 Å². The van der Waals surface area contributed by atoms with E-state index in [0.717, 1.165) is 6.42 Å². The Balaban J connectivity index is 2.31. The molecule has 0 heterocycles. The summed E-state index contributed by atoms with van der Waals surface area (Å²) in [6.07, 6.45) is 1.04. The van der Waals surface area contributed by atoms with Gasteiger partial charge >= 0.3 is 0 Å². The van der Waals surface area contributed by atoms with Gasteiger partial charge in [-0.2, -0.15) is 0 Å². The zero-order valence-corrected chi connectivity index (χ0v) is 13.7. The summed E-state index contributed by atoms with van der Waals surface area (Å²) in [5.41, 5.74) is 8.34. The lowest BCUT2D eigenvalue weighted by Crippen LogP contribution is -2.02. The maximum Gasteiger partial charge on any atom is 0.0440 e. The van der Waals surface area contributed by atoms with E-state index in [1.165, 1.54) is 33.4 Å². The van der Waals surface area contributed by atoms with Gasteiger partial charge in [0, 0.05) is 4.83 Å². The fourth-order valence-corrected chi connectivity index (χ4v) is 3.89. The summed E-state index contributed by atoms with van der Waals surface area (Å²) >= 11 is 3.88. The number of hydrogen-bond acceptors (Lipinski definition) is 0. The molecule has 0 amide bonds. The molecule has 0 saturated carbocycles. The summed E-state index contributed by atoms with van der Waals surface area (Å²) in [4.78, 5) is 0.384. The molecule has 0 nitrogen and oxygen atoms in total. The van der Waals surface area contributed by atoms with Crippen LogP contribution in [0.2, 0.25) is 0 Å². The molecule has 1 unspecified atom stereocenters. The van der Waals surface area contributed by atoms with Crippen LogP contribution < -0.4 is 0 Å². The monoisotopic (exact) mass is 316 g/mol. The molecule has 0 bridgehead atoms. The number of halogens is 1. The normalized spacial score (nSPS) is 12.5. The molecule has 1 heteroatoms. The quantitative estimate of drug-likeness (QED) is 0.647. The van der Waals surface area contributed by atoms with Crippen molar-refractivity contribution in [3.05, 3.63) is 69.8 Å². The lowest BCUT2D eigenvalue weighted by molar-refractivity contribution is 0.917. The van der Waals surface area contributed by atoms with Crippen molar-refractivity contribution in [2.75, 3.05) is 0 Å². The van der Waals surface area contributed by atoms with Gasteiger partial charge in [0.25, 0.3) is 0 Å². The maximum atomic E-state index is 3.88. The molecule has 100 valence electrons. The smallest absolute Gasteiger partial charge is 0.0440 e.